The van der Waals surface area contributed by atoms with Crippen molar-refractivity contribution in [2.45, 2.75) is 12.8 Å². The second-order valence-electron chi connectivity index (χ2n) is 7.86. The third-order valence-electron chi connectivity index (χ3n) is 5.51. The van der Waals surface area contributed by atoms with E-state index < -0.39 is 0 Å². The van der Waals surface area contributed by atoms with Gasteiger partial charge < -0.3 is 15.5 Å². The monoisotopic (exact) mass is 460 g/mol. The molecule has 1 aliphatic carbocycles. The Hall–Kier alpha value is -3.56. The molecular weight excluding hydrogens is 436 g/mol. The Kier molecular flexibility index (Phi) is 6.14. The van der Waals surface area contributed by atoms with Crippen LogP contribution in [-0.4, -0.2) is 46.7 Å². The lowest BCUT2D eigenvalue weighted by molar-refractivity contribution is -0.112. The molecule has 2 aromatic heterocycles. The normalized spacial score (nSPS) is 19.9. The molecule has 1 fully saturated rings. The maximum absolute atomic E-state index is 12.7. The van der Waals surface area contributed by atoms with E-state index in [1.807, 2.05) is 54.6 Å². The van der Waals surface area contributed by atoms with Gasteiger partial charge in [-0.2, -0.15) is 9.61 Å². The molecule has 0 radical (unpaired) electrons. The molecule has 33 heavy (non-hydrogen) atoms. The fraction of sp³-hybridized carbons (Fsp3) is 0.250. The van der Waals surface area contributed by atoms with E-state index in [-0.39, 0.29) is 11.5 Å². The molecule has 0 saturated carbocycles. The molecule has 8 nitrogen and oxygen atoms in total. The highest BCUT2D eigenvalue weighted by Crippen LogP contribution is 2.27. The van der Waals surface area contributed by atoms with Gasteiger partial charge in [0, 0.05) is 49.1 Å². The van der Waals surface area contributed by atoms with Crippen LogP contribution in [0.4, 0.5) is 11.5 Å². The number of carbonyl (C=O) groups is 1. The quantitative estimate of drug-likeness (QED) is 0.622. The summed E-state index contributed by atoms with van der Waals surface area (Å²) in [5.74, 6) is 0.519. The summed E-state index contributed by atoms with van der Waals surface area (Å²) in [5.41, 5.74) is 1.89. The van der Waals surface area contributed by atoms with E-state index in [4.69, 9.17) is 0 Å². The number of piperazine rings is 1. The highest BCUT2D eigenvalue weighted by molar-refractivity contribution is 7.19. The Morgan fingerprint density at radius 3 is 2.85 bits per heavy atom. The average Bonchev–Trinajstić information content (AvgIpc) is 3.25. The summed E-state index contributed by atoms with van der Waals surface area (Å²) in [6.07, 6.45) is 11.5. The minimum atomic E-state index is -0.198. The van der Waals surface area contributed by atoms with Gasteiger partial charge in [-0.15, -0.1) is 0 Å². The van der Waals surface area contributed by atoms with E-state index in [1.54, 1.807) is 6.07 Å². The molecule has 0 bridgehead atoms. The van der Waals surface area contributed by atoms with E-state index in [0.29, 0.717) is 27.0 Å². The minimum Gasteiger partial charge on any atom is -0.354 e. The second kappa shape index (κ2) is 9.51. The summed E-state index contributed by atoms with van der Waals surface area (Å²) in [7, 11) is 0. The minimum absolute atomic E-state index is 0.169. The van der Waals surface area contributed by atoms with Gasteiger partial charge in [-0.25, -0.2) is 4.98 Å². The first-order valence-electron chi connectivity index (χ1n) is 11.0. The van der Waals surface area contributed by atoms with Gasteiger partial charge in [0.25, 0.3) is 11.5 Å². The Morgan fingerprint density at radius 1 is 1.12 bits per heavy atom. The summed E-state index contributed by atoms with van der Waals surface area (Å²) >= 11 is 1.36. The number of allylic oxidation sites excluding steroid dienone is 4. The van der Waals surface area contributed by atoms with Crippen molar-refractivity contribution >= 4 is 33.7 Å². The largest absolute Gasteiger partial charge is 0.354 e. The fourth-order valence-electron chi connectivity index (χ4n) is 3.78. The summed E-state index contributed by atoms with van der Waals surface area (Å²) in [4.78, 5) is 32.7. The summed E-state index contributed by atoms with van der Waals surface area (Å²) in [6.45, 7) is 3.38. The van der Waals surface area contributed by atoms with Crippen molar-refractivity contribution in [3.8, 4) is 10.6 Å². The third kappa shape index (κ3) is 4.79. The molecule has 1 aliphatic heterocycles. The number of nitrogens with one attached hydrogen (secondary N) is 2. The van der Waals surface area contributed by atoms with E-state index in [9.17, 15) is 9.59 Å². The number of rotatable bonds is 4. The number of amides is 1. The van der Waals surface area contributed by atoms with Crippen molar-refractivity contribution in [3.05, 3.63) is 76.6 Å². The zero-order valence-corrected chi connectivity index (χ0v) is 18.8. The van der Waals surface area contributed by atoms with Gasteiger partial charge in [-0.1, -0.05) is 47.8 Å². The Balaban J connectivity index is 1.41. The topological polar surface area (TPSA) is 91.6 Å². The summed E-state index contributed by atoms with van der Waals surface area (Å²) < 4.78 is 1.34. The smallest absolute Gasteiger partial charge is 0.277 e. The van der Waals surface area contributed by atoms with Gasteiger partial charge in [-0.3, -0.25) is 9.59 Å². The van der Waals surface area contributed by atoms with Crippen LogP contribution >= 0.6 is 11.3 Å². The molecule has 9 heteroatoms. The Bertz CT molecular complexity index is 1330. The van der Waals surface area contributed by atoms with Gasteiger partial charge in [0.15, 0.2) is 0 Å². The van der Waals surface area contributed by atoms with Gasteiger partial charge in [0.2, 0.25) is 4.96 Å². The molecule has 2 N–H and O–H groups in total. The van der Waals surface area contributed by atoms with Gasteiger partial charge >= 0.3 is 0 Å². The van der Waals surface area contributed by atoms with E-state index in [0.717, 1.165) is 44.6 Å². The van der Waals surface area contributed by atoms with Crippen molar-refractivity contribution in [2.24, 2.45) is 0 Å². The zero-order chi connectivity index (χ0) is 22.6. The number of fused-ring (bicyclic) bond motifs is 1. The zero-order valence-electron chi connectivity index (χ0n) is 18.0. The highest BCUT2D eigenvalue weighted by atomic mass is 32.1. The standard InChI is InChI=1S/C24H24N6O2S/c31-21-16-20(29-13-11-25-12-14-29)27-24-30(21)28-23(33-24)18-9-6-10-19(15-18)26-22(32)17-7-4-2-1-3-5-8-17/h2,4-10,15-16,25H,1,3,11-14H2,(H,26,32)/b4-2-,8-5-,17-7+. The average molecular weight is 461 g/mol. The molecule has 3 aromatic rings. The van der Waals surface area contributed by atoms with Crippen molar-refractivity contribution in [2.75, 3.05) is 36.4 Å². The maximum atomic E-state index is 12.7. The van der Waals surface area contributed by atoms with Crippen molar-refractivity contribution < 1.29 is 4.79 Å². The van der Waals surface area contributed by atoms with Gasteiger partial charge in [0.05, 0.1) is 0 Å². The van der Waals surface area contributed by atoms with Crippen molar-refractivity contribution in [1.82, 2.24) is 19.9 Å². The Labute approximate surface area is 195 Å². The number of anilines is 2. The molecule has 1 saturated heterocycles. The summed E-state index contributed by atoms with van der Waals surface area (Å²) in [5, 5.41) is 11.4. The van der Waals surface area contributed by atoms with Crippen LogP contribution in [0.2, 0.25) is 0 Å². The number of hydrogen-bond donors (Lipinski definition) is 2. The van der Waals surface area contributed by atoms with E-state index >= 15 is 0 Å². The molecule has 1 aromatic carbocycles. The predicted octanol–water partition coefficient (Wildman–Crippen LogP) is 3.00. The van der Waals surface area contributed by atoms with Crippen LogP contribution in [-0.2, 0) is 4.79 Å². The van der Waals surface area contributed by atoms with Crippen LogP contribution in [0.3, 0.4) is 0 Å². The van der Waals surface area contributed by atoms with E-state index in [1.165, 1.54) is 15.9 Å². The van der Waals surface area contributed by atoms with Crippen molar-refractivity contribution in [1.29, 1.82) is 0 Å². The molecule has 3 heterocycles. The number of carbonyl (C=O) groups excluding carboxylic acids is 1. The number of hydrogen-bond acceptors (Lipinski definition) is 7. The second-order valence-corrected chi connectivity index (χ2v) is 8.81. The number of benzene rings is 1. The molecule has 0 unspecified atom stereocenters. The first kappa shape index (κ1) is 21.3. The maximum Gasteiger partial charge on any atom is 0.277 e. The molecule has 2 aliphatic rings. The molecular formula is C24H24N6O2S. The molecule has 0 atom stereocenters. The fourth-order valence-corrected chi connectivity index (χ4v) is 4.68. The predicted molar refractivity (Wildman–Crippen MR) is 132 cm³/mol. The van der Waals surface area contributed by atoms with Crippen LogP contribution in [0.1, 0.15) is 12.8 Å². The third-order valence-corrected chi connectivity index (χ3v) is 6.47. The van der Waals surface area contributed by atoms with Gasteiger partial charge in [-0.05, 0) is 31.1 Å². The lowest BCUT2D eigenvalue weighted by atomic mass is 10.1. The molecule has 0 spiro atoms. The number of nitrogens with zero attached hydrogens (tertiary/aromatic N) is 4. The molecule has 5 rings (SSSR count). The first-order chi connectivity index (χ1) is 16.2. The summed E-state index contributed by atoms with van der Waals surface area (Å²) in [6, 6.07) is 9.02. The van der Waals surface area contributed by atoms with Gasteiger partial charge in [0.1, 0.15) is 10.8 Å². The SMILES string of the molecule is O=C(Nc1cccc(-c2nn3c(=O)cc(N4CCNCC4)nc3s2)c1)C1=C/C=C\CC/C=C\1. The number of aromatic nitrogens is 3. The van der Waals surface area contributed by atoms with Crippen LogP contribution in [0.25, 0.3) is 15.5 Å². The van der Waals surface area contributed by atoms with Crippen molar-refractivity contribution in [3.63, 3.8) is 0 Å². The van der Waals surface area contributed by atoms with Crippen LogP contribution < -0.4 is 21.1 Å². The van der Waals surface area contributed by atoms with Crippen LogP contribution in [0.15, 0.2) is 71.1 Å². The van der Waals surface area contributed by atoms with Crippen LogP contribution in [0, 0.1) is 0 Å². The van der Waals surface area contributed by atoms with E-state index in [2.05, 4.69) is 25.6 Å². The first-order valence-corrected chi connectivity index (χ1v) is 11.8. The molecule has 168 valence electrons. The molecule has 1 amide bonds. The van der Waals surface area contributed by atoms with Crippen LogP contribution in [0.5, 0.6) is 0 Å². The highest BCUT2D eigenvalue weighted by Gasteiger charge is 2.16. The lowest BCUT2D eigenvalue weighted by Gasteiger charge is -2.27. The lowest BCUT2D eigenvalue weighted by Crippen LogP contribution is -2.44. The Morgan fingerprint density at radius 2 is 1.97 bits per heavy atom.